The van der Waals surface area contributed by atoms with Gasteiger partial charge in [0, 0.05) is 12.0 Å². The highest BCUT2D eigenvalue weighted by Crippen LogP contribution is 2.37. The van der Waals surface area contributed by atoms with Crippen LogP contribution < -0.4 is 0 Å². The first-order chi connectivity index (χ1) is 4.45. The first-order valence-corrected chi connectivity index (χ1v) is 4.69. The largest absolute Gasteiger partial charge is 0.277 e. The third-order valence-corrected chi connectivity index (χ3v) is 3.92. The zero-order chi connectivity index (χ0) is 7.94. The summed E-state index contributed by atoms with van der Waals surface area (Å²) in [7, 11) is 0. The Morgan fingerprint density at radius 1 is 1.70 bits per heavy atom. The molecule has 4 heteroatoms. The third kappa shape index (κ3) is 1.23. The van der Waals surface area contributed by atoms with Crippen molar-refractivity contribution < 1.29 is 4.79 Å². The fraction of sp³-hybridized carbons (Fsp3) is 0.833. The second kappa shape index (κ2) is 2.48. The van der Waals surface area contributed by atoms with Crippen LogP contribution in [0.4, 0.5) is 0 Å². The molecule has 1 rings (SSSR count). The van der Waals surface area contributed by atoms with Crippen LogP contribution in [0, 0.1) is 5.41 Å². The van der Waals surface area contributed by atoms with Crippen LogP contribution in [0.15, 0.2) is 0 Å². The van der Waals surface area contributed by atoms with E-state index in [4.69, 9.17) is 0 Å². The second-order valence-corrected chi connectivity index (χ2v) is 4.98. The van der Waals surface area contributed by atoms with Gasteiger partial charge >= 0.3 is 0 Å². The molecule has 1 saturated heterocycles. The fourth-order valence-corrected chi connectivity index (χ4v) is 2.49. The lowest BCUT2D eigenvalue weighted by Crippen LogP contribution is -2.23. The molecule has 2 nitrogen and oxygen atoms in total. The second-order valence-electron chi connectivity index (χ2n) is 3.21. The number of carbonyl (C=O) groups is 1. The summed E-state index contributed by atoms with van der Waals surface area (Å²) in [5, 5.41) is 0. The summed E-state index contributed by atoms with van der Waals surface area (Å²) in [4.78, 5) is 11.1. The lowest BCUT2D eigenvalue weighted by Gasteiger charge is -2.17. The molecular weight excluding hydrogens is 262 g/mol. The van der Waals surface area contributed by atoms with Crippen molar-refractivity contribution >= 4 is 38.0 Å². The van der Waals surface area contributed by atoms with E-state index in [9.17, 15) is 4.79 Å². The Balaban J connectivity index is 2.81. The molecule has 1 fully saturated rings. The van der Waals surface area contributed by atoms with E-state index < -0.39 is 0 Å². The van der Waals surface area contributed by atoms with Gasteiger partial charge in [0.25, 0.3) is 0 Å². The van der Waals surface area contributed by atoms with E-state index in [1.807, 2.05) is 0 Å². The standard InChI is InChI=1S/C6H9Br2NO/c1-6(2)3-9(8)5(10)4(6)7/h4H,3H2,1-2H3. The van der Waals surface area contributed by atoms with Crippen molar-refractivity contribution in [2.75, 3.05) is 6.54 Å². The van der Waals surface area contributed by atoms with E-state index >= 15 is 0 Å². The monoisotopic (exact) mass is 269 g/mol. The highest BCUT2D eigenvalue weighted by Gasteiger charge is 2.43. The molecule has 0 aromatic carbocycles. The van der Waals surface area contributed by atoms with Gasteiger partial charge in [0.1, 0.15) is 4.83 Å². The van der Waals surface area contributed by atoms with Gasteiger partial charge in [-0.2, -0.15) is 0 Å². The van der Waals surface area contributed by atoms with Crippen molar-refractivity contribution in [1.29, 1.82) is 0 Å². The molecule has 0 bridgehead atoms. The van der Waals surface area contributed by atoms with Crippen molar-refractivity contribution in [3.05, 3.63) is 0 Å². The molecule has 0 saturated carbocycles. The summed E-state index contributed by atoms with van der Waals surface area (Å²) >= 11 is 6.52. The summed E-state index contributed by atoms with van der Waals surface area (Å²) in [6.45, 7) is 4.89. The minimum Gasteiger partial charge on any atom is -0.277 e. The number of hydrogen-bond donors (Lipinski definition) is 0. The van der Waals surface area contributed by atoms with E-state index in [1.54, 1.807) is 3.93 Å². The number of halogens is 2. The molecule has 1 atom stereocenters. The molecule has 58 valence electrons. The van der Waals surface area contributed by atoms with Crippen molar-refractivity contribution in [1.82, 2.24) is 3.93 Å². The smallest absolute Gasteiger partial charge is 0.246 e. The van der Waals surface area contributed by atoms with E-state index in [-0.39, 0.29) is 16.1 Å². The minimum absolute atomic E-state index is 0.0422. The van der Waals surface area contributed by atoms with Crippen LogP contribution in [0.3, 0.4) is 0 Å². The first-order valence-electron chi connectivity index (χ1n) is 3.06. The molecule has 1 unspecified atom stereocenters. The van der Waals surface area contributed by atoms with Crippen LogP contribution >= 0.6 is 32.1 Å². The first kappa shape index (κ1) is 8.53. The van der Waals surface area contributed by atoms with Gasteiger partial charge in [-0.1, -0.05) is 29.8 Å². The molecule has 0 spiro atoms. The predicted octanol–water partition coefficient (Wildman–Crippen LogP) is 1.93. The van der Waals surface area contributed by atoms with Crippen LogP contribution in [0.1, 0.15) is 13.8 Å². The van der Waals surface area contributed by atoms with Gasteiger partial charge in [-0.3, -0.25) is 8.72 Å². The van der Waals surface area contributed by atoms with Gasteiger partial charge in [-0.25, -0.2) is 0 Å². The van der Waals surface area contributed by atoms with E-state index in [0.717, 1.165) is 6.54 Å². The van der Waals surface area contributed by atoms with Gasteiger partial charge in [-0.15, -0.1) is 0 Å². The maximum absolute atomic E-state index is 11.2. The summed E-state index contributed by atoms with van der Waals surface area (Å²) in [6.07, 6.45) is 0. The molecule has 1 amide bonds. The summed E-state index contributed by atoms with van der Waals surface area (Å²) in [5.41, 5.74) is 0.0422. The fourth-order valence-electron chi connectivity index (χ4n) is 0.973. The van der Waals surface area contributed by atoms with E-state index in [2.05, 4.69) is 45.9 Å². The third-order valence-electron chi connectivity index (χ3n) is 1.69. The van der Waals surface area contributed by atoms with Gasteiger partial charge in [0.2, 0.25) is 5.91 Å². The summed E-state index contributed by atoms with van der Waals surface area (Å²) in [5.74, 6) is 0.116. The molecule has 0 radical (unpaired) electrons. The van der Waals surface area contributed by atoms with Crippen molar-refractivity contribution in [2.45, 2.75) is 18.7 Å². The SMILES string of the molecule is CC1(C)CN(Br)C(=O)C1Br. The Hall–Kier alpha value is 0.430. The van der Waals surface area contributed by atoms with Crippen molar-refractivity contribution in [3.63, 3.8) is 0 Å². The predicted molar refractivity (Wildman–Crippen MR) is 47.1 cm³/mol. The van der Waals surface area contributed by atoms with Gasteiger partial charge < -0.3 is 0 Å². The number of rotatable bonds is 0. The molecule has 0 aromatic heterocycles. The number of nitrogens with zero attached hydrogens (tertiary/aromatic N) is 1. The van der Waals surface area contributed by atoms with E-state index in [1.165, 1.54) is 0 Å². The highest BCUT2D eigenvalue weighted by atomic mass is 79.9. The Bertz CT molecular complexity index is 169. The van der Waals surface area contributed by atoms with Crippen LogP contribution in [0.25, 0.3) is 0 Å². The van der Waals surface area contributed by atoms with Crippen molar-refractivity contribution in [2.24, 2.45) is 5.41 Å². The maximum atomic E-state index is 11.2. The average molecular weight is 271 g/mol. The molecule has 1 heterocycles. The Labute approximate surface area is 77.4 Å². The lowest BCUT2D eigenvalue weighted by molar-refractivity contribution is -0.122. The Morgan fingerprint density at radius 2 is 2.20 bits per heavy atom. The molecule has 0 aliphatic carbocycles. The maximum Gasteiger partial charge on any atom is 0.246 e. The number of carbonyl (C=O) groups excluding carboxylic acids is 1. The normalized spacial score (nSPS) is 31.4. The number of alkyl halides is 1. The number of amides is 1. The van der Waals surface area contributed by atoms with E-state index in [0.29, 0.717) is 0 Å². The topological polar surface area (TPSA) is 20.3 Å². The Morgan fingerprint density at radius 3 is 2.30 bits per heavy atom. The molecular formula is C6H9Br2NO. The van der Waals surface area contributed by atoms with Gasteiger partial charge in [0.05, 0.1) is 16.1 Å². The van der Waals surface area contributed by atoms with Crippen LogP contribution in [-0.2, 0) is 4.79 Å². The van der Waals surface area contributed by atoms with Crippen LogP contribution in [0.2, 0.25) is 0 Å². The summed E-state index contributed by atoms with van der Waals surface area (Å²) in [6, 6.07) is 0. The van der Waals surface area contributed by atoms with Gasteiger partial charge in [0.15, 0.2) is 0 Å². The quantitative estimate of drug-likeness (QED) is 0.487. The molecule has 1 aliphatic heterocycles. The molecule has 0 aromatic rings. The van der Waals surface area contributed by atoms with Gasteiger partial charge in [-0.05, 0) is 0 Å². The number of hydrogen-bond acceptors (Lipinski definition) is 1. The van der Waals surface area contributed by atoms with Crippen LogP contribution in [0.5, 0.6) is 0 Å². The molecule has 10 heavy (non-hydrogen) atoms. The summed E-state index contributed by atoms with van der Waals surface area (Å²) < 4.78 is 1.58. The average Bonchev–Trinajstić information content (AvgIpc) is 1.95. The minimum atomic E-state index is -0.0422. The molecule has 1 aliphatic rings. The van der Waals surface area contributed by atoms with Crippen LogP contribution in [-0.4, -0.2) is 21.2 Å². The highest BCUT2D eigenvalue weighted by molar-refractivity contribution is 9.10. The zero-order valence-electron chi connectivity index (χ0n) is 5.90. The lowest BCUT2D eigenvalue weighted by atomic mass is 9.93. The molecule has 0 N–H and O–H groups in total. The van der Waals surface area contributed by atoms with Crippen molar-refractivity contribution in [3.8, 4) is 0 Å². The zero-order valence-corrected chi connectivity index (χ0v) is 9.07. The Kier molecular flexibility index (Phi) is 2.12.